The smallest absolute Gasteiger partial charge is 0.209 e. The van der Waals surface area contributed by atoms with E-state index >= 15 is 0 Å². The summed E-state index contributed by atoms with van der Waals surface area (Å²) in [6.45, 7) is 5.94. The van der Waals surface area contributed by atoms with Crippen LogP contribution in [0.3, 0.4) is 0 Å². The van der Waals surface area contributed by atoms with E-state index in [9.17, 15) is 8.42 Å². The van der Waals surface area contributed by atoms with Gasteiger partial charge in [0.25, 0.3) is 0 Å². The average molecular weight is 383 g/mol. The third-order valence-corrected chi connectivity index (χ3v) is 5.36. The van der Waals surface area contributed by atoms with Crippen molar-refractivity contribution in [3.05, 3.63) is 29.8 Å². The number of aliphatic imine (C=N–C) groups is 1. The van der Waals surface area contributed by atoms with Crippen molar-refractivity contribution in [2.75, 3.05) is 40.0 Å². The summed E-state index contributed by atoms with van der Waals surface area (Å²) >= 11 is 0. The lowest BCUT2D eigenvalue weighted by Crippen LogP contribution is -2.53. The summed E-state index contributed by atoms with van der Waals surface area (Å²) in [5.41, 5.74) is 0.696. The van der Waals surface area contributed by atoms with E-state index in [1.807, 2.05) is 26.0 Å². The molecule has 1 aliphatic heterocycles. The van der Waals surface area contributed by atoms with Gasteiger partial charge in [0.15, 0.2) is 5.96 Å². The van der Waals surface area contributed by atoms with Gasteiger partial charge in [-0.25, -0.2) is 13.1 Å². The zero-order valence-electron chi connectivity index (χ0n) is 16.2. The van der Waals surface area contributed by atoms with Crippen LogP contribution in [0.15, 0.2) is 29.3 Å². The number of nitrogens with one attached hydrogen (secondary N) is 2. The maximum Gasteiger partial charge on any atom is 0.209 e. The van der Waals surface area contributed by atoms with Crippen molar-refractivity contribution in [1.82, 2.24) is 14.9 Å². The Morgan fingerprint density at radius 1 is 1.35 bits per heavy atom. The van der Waals surface area contributed by atoms with E-state index in [0.717, 1.165) is 31.2 Å². The van der Waals surface area contributed by atoms with E-state index in [0.29, 0.717) is 12.5 Å². The topological polar surface area (TPSA) is 83.0 Å². The molecule has 8 heteroatoms. The molecule has 1 fully saturated rings. The fourth-order valence-electron chi connectivity index (χ4n) is 3.27. The Hall–Kier alpha value is -1.80. The van der Waals surface area contributed by atoms with E-state index < -0.39 is 15.6 Å². The average Bonchev–Trinajstić information content (AvgIpc) is 3.03. The Morgan fingerprint density at radius 2 is 2.00 bits per heavy atom. The van der Waals surface area contributed by atoms with Crippen molar-refractivity contribution in [2.24, 2.45) is 4.99 Å². The molecule has 26 heavy (non-hydrogen) atoms. The zero-order chi connectivity index (χ0) is 19.4. The number of sulfonamides is 1. The standard InChI is InChI=1S/C18H30N4O3S/c1-18(2,21-26(5,23)24)13-20-17(19-3)22-11-10-15(12-22)14-6-8-16(25-4)9-7-14/h6-9,15,21H,10-13H2,1-5H3,(H,19,20). The zero-order valence-corrected chi connectivity index (χ0v) is 17.1. The summed E-state index contributed by atoms with van der Waals surface area (Å²) in [6.07, 6.45) is 2.22. The van der Waals surface area contributed by atoms with Crippen LogP contribution in [-0.4, -0.2) is 64.9 Å². The van der Waals surface area contributed by atoms with Gasteiger partial charge in [-0.3, -0.25) is 4.99 Å². The second-order valence-corrected chi connectivity index (χ2v) is 9.11. The molecule has 7 nitrogen and oxygen atoms in total. The molecule has 2 N–H and O–H groups in total. The monoisotopic (exact) mass is 382 g/mol. The first-order valence-electron chi connectivity index (χ1n) is 8.72. The second kappa shape index (κ2) is 8.26. The van der Waals surface area contributed by atoms with Gasteiger partial charge in [-0.1, -0.05) is 12.1 Å². The molecule has 146 valence electrons. The molecule has 2 rings (SSSR count). The minimum Gasteiger partial charge on any atom is -0.497 e. The fraction of sp³-hybridized carbons (Fsp3) is 0.611. The van der Waals surface area contributed by atoms with Gasteiger partial charge in [-0.2, -0.15) is 0 Å². The van der Waals surface area contributed by atoms with Crippen molar-refractivity contribution in [3.8, 4) is 5.75 Å². The summed E-state index contributed by atoms with van der Waals surface area (Å²) in [5, 5.41) is 3.29. The van der Waals surface area contributed by atoms with Crippen LogP contribution in [0.25, 0.3) is 0 Å². The van der Waals surface area contributed by atoms with Gasteiger partial charge in [0.2, 0.25) is 10.0 Å². The molecule has 1 aliphatic rings. The number of methoxy groups -OCH3 is 1. The van der Waals surface area contributed by atoms with Crippen molar-refractivity contribution in [1.29, 1.82) is 0 Å². The summed E-state index contributed by atoms with van der Waals surface area (Å²) < 4.78 is 30.8. The Balaban J connectivity index is 1.94. The molecular weight excluding hydrogens is 352 g/mol. The second-order valence-electron chi connectivity index (χ2n) is 7.36. The predicted molar refractivity (Wildman–Crippen MR) is 105 cm³/mol. The lowest BCUT2D eigenvalue weighted by Gasteiger charge is -2.29. The number of hydrogen-bond acceptors (Lipinski definition) is 4. The highest BCUT2D eigenvalue weighted by atomic mass is 32.2. The molecule has 1 heterocycles. The van der Waals surface area contributed by atoms with Crippen molar-refractivity contribution in [2.45, 2.75) is 31.7 Å². The van der Waals surface area contributed by atoms with Crippen LogP contribution in [0.2, 0.25) is 0 Å². The minimum absolute atomic E-state index is 0.446. The molecule has 1 unspecified atom stereocenters. The molecule has 0 aromatic heterocycles. The van der Waals surface area contributed by atoms with Crippen LogP contribution >= 0.6 is 0 Å². The van der Waals surface area contributed by atoms with Crippen molar-refractivity contribution in [3.63, 3.8) is 0 Å². The lowest BCUT2D eigenvalue weighted by atomic mass is 9.98. The number of likely N-dealkylation sites (tertiary alicyclic amines) is 1. The van der Waals surface area contributed by atoms with E-state index in [1.54, 1.807) is 14.2 Å². The summed E-state index contributed by atoms with van der Waals surface area (Å²) in [7, 11) is 0.159. The number of benzene rings is 1. The molecule has 0 bridgehead atoms. The fourth-order valence-corrected chi connectivity index (χ4v) is 4.35. The summed E-state index contributed by atoms with van der Waals surface area (Å²) in [6, 6.07) is 8.21. The molecule has 0 aliphatic carbocycles. The first kappa shape index (κ1) is 20.5. The highest BCUT2D eigenvalue weighted by Gasteiger charge is 2.28. The largest absolute Gasteiger partial charge is 0.497 e. The van der Waals surface area contributed by atoms with Crippen LogP contribution in [0.4, 0.5) is 0 Å². The Labute approximate surface area is 156 Å². The quantitative estimate of drug-likeness (QED) is 0.574. The first-order chi connectivity index (χ1) is 12.1. The maximum atomic E-state index is 11.5. The van der Waals surface area contributed by atoms with Gasteiger partial charge in [-0.15, -0.1) is 0 Å². The number of guanidine groups is 1. The van der Waals surface area contributed by atoms with Crippen molar-refractivity contribution < 1.29 is 13.2 Å². The lowest BCUT2D eigenvalue weighted by molar-refractivity contribution is 0.414. The highest BCUT2D eigenvalue weighted by Crippen LogP contribution is 2.28. The minimum atomic E-state index is -3.26. The van der Waals surface area contributed by atoms with Gasteiger partial charge in [0, 0.05) is 38.1 Å². The molecular formula is C18H30N4O3S. The summed E-state index contributed by atoms with van der Waals surface area (Å²) in [5.74, 6) is 2.10. The van der Waals surface area contributed by atoms with E-state index in [-0.39, 0.29) is 0 Å². The third kappa shape index (κ3) is 5.88. The third-order valence-electron chi connectivity index (χ3n) is 4.44. The number of ether oxygens (including phenoxy) is 1. The van der Waals surface area contributed by atoms with Crippen LogP contribution in [0.1, 0.15) is 31.7 Å². The Bertz CT molecular complexity index is 729. The van der Waals surface area contributed by atoms with E-state index in [1.165, 1.54) is 11.8 Å². The van der Waals surface area contributed by atoms with Crippen LogP contribution < -0.4 is 14.8 Å². The number of hydrogen-bond donors (Lipinski definition) is 2. The highest BCUT2D eigenvalue weighted by molar-refractivity contribution is 7.88. The SMILES string of the molecule is CN=C(NCC(C)(C)NS(C)(=O)=O)N1CCC(c2ccc(OC)cc2)C1. The van der Waals surface area contributed by atoms with E-state index in [4.69, 9.17) is 4.74 Å². The van der Waals surface area contributed by atoms with Gasteiger partial charge in [-0.05, 0) is 38.0 Å². The first-order valence-corrected chi connectivity index (χ1v) is 10.6. The molecule has 1 aromatic carbocycles. The normalized spacial score (nSPS) is 18.9. The number of nitrogens with zero attached hydrogens (tertiary/aromatic N) is 2. The molecule has 1 saturated heterocycles. The van der Waals surface area contributed by atoms with Crippen LogP contribution in [-0.2, 0) is 10.0 Å². The molecule has 0 spiro atoms. The summed E-state index contributed by atoms with van der Waals surface area (Å²) in [4.78, 5) is 6.57. The Morgan fingerprint density at radius 3 is 2.54 bits per heavy atom. The molecule has 0 amide bonds. The van der Waals surface area contributed by atoms with Crippen LogP contribution in [0.5, 0.6) is 5.75 Å². The van der Waals surface area contributed by atoms with Gasteiger partial charge in [0.1, 0.15) is 5.75 Å². The van der Waals surface area contributed by atoms with Gasteiger partial charge < -0.3 is 15.0 Å². The van der Waals surface area contributed by atoms with E-state index in [2.05, 4.69) is 32.1 Å². The molecule has 1 atom stereocenters. The Kier molecular flexibility index (Phi) is 6.52. The molecule has 1 aromatic rings. The van der Waals surface area contributed by atoms with Gasteiger partial charge in [0.05, 0.1) is 13.4 Å². The van der Waals surface area contributed by atoms with Gasteiger partial charge >= 0.3 is 0 Å². The van der Waals surface area contributed by atoms with Crippen LogP contribution in [0, 0.1) is 0 Å². The molecule has 0 radical (unpaired) electrons. The number of rotatable bonds is 6. The molecule has 0 saturated carbocycles. The maximum absolute atomic E-state index is 11.5. The predicted octanol–water partition coefficient (Wildman–Crippen LogP) is 1.39. The van der Waals surface area contributed by atoms with Crippen molar-refractivity contribution >= 4 is 16.0 Å².